The lowest BCUT2D eigenvalue weighted by Crippen LogP contribution is -2.23. The molecule has 0 bridgehead atoms. The van der Waals surface area contributed by atoms with Gasteiger partial charge in [0.25, 0.3) is 5.56 Å². The number of hydrogen-bond donors (Lipinski definition) is 0. The molecule has 0 saturated carbocycles. The molecule has 0 aliphatic rings. The highest BCUT2D eigenvalue weighted by Crippen LogP contribution is 2.34. The number of halogens is 2. The Kier molecular flexibility index (Phi) is 4.99. The molecule has 0 fully saturated rings. The van der Waals surface area contributed by atoms with Crippen molar-refractivity contribution in [3.63, 3.8) is 0 Å². The molecule has 5 rings (SSSR count). The Morgan fingerprint density at radius 3 is 2.50 bits per heavy atom. The third-order valence-electron chi connectivity index (χ3n) is 5.04. The van der Waals surface area contributed by atoms with Gasteiger partial charge >= 0.3 is 0 Å². The summed E-state index contributed by atoms with van der Waals surface area (Å²) in [4.78, 5) is 14.5. The predicted molar refractivity (Wildman–Crippen MR) is 129 cm³/mol. The Morgan fingerprint density at radius 2 is 1.70 bits per heavy atom. The summed E-state index contributed by atoms with van der Waals surface area (Å²) in [5.74, 6) is 0. The van der Waals surface area contributed by atoms with Crippen LogP contribution in [0.4, 0.5) is 0 Å². The fourth-order valence-corrected chi connectivity index (χ4v) is 5.48. The maximum atomic E-state index is 13.6. The fourth-order valence-electron chi connectivity index (χ4n) is 3.67. The van der Waals surface area contributed by atoms with Gasteiger partial charge in [0.15, 0.2) is 3.95 Å². The largest absolute Gasteiger partial charge is 0.288 e. The first kappa shape index (κ1) is 19.5. The third kappa shape index (κ3) is 3.19. The van der Waals surface area contributed by atoms with Crippen LogP contribution < -0.4 is 5.56 Å². The lowest BCUT2D eigenvalue weighted by atomic mass is 10.1. The second-order valence-electron chi connectivity index (χ2n) is 6.87. The van der Waals surface area contributed by atoms with Crippen LogP contribution >= 0.6 is 46.8 Å². The van der Waals surface area contributed by atoms with E-state index < -0.39 is 0 Å². The maximum absolute atomic E-state index is 13.6. The molecule has 0 N–H and O–H groups in total. The van der Waals surface area contributed by atoms with Gasteiger partial charge < -0.3 is 0 Å². The molecular weight excluding hydrogens is 455 g/mol. The van der Waals surface area contributed by atoms with Gasteiger partial charge in [-0.3, -0.25) is 13.8 Å². The van der Waals surface area contributed by atoms with Crippen molar-refractivity contribution in [1.82, 2.24) is 8.97 Å². The second-order valence-corrected chi connectivity index (χ2v) is 9.35. The monoisotopic (exact) mass is 468 g/mol. The van der Waals surface area contributed by atoms with Crippen molar-refractivity contribution in [3.8, 4) is 10.4 Å². The summed E-state index contributed by atoms with van der Waals surface area (Å²) in [5.41, 5.74) is 3.25. The second kappa shape index (κ2) is 7.67. The average Bonchev–Trinajstić information content (AvgIpc) is 3.10. The van der Waals surface area contributed by atoms with Gasteiger partial charge in [-0.1, -0.05) is 65.7 Å². The standard InChI is InChI=1S/C23H14Cl2N2OS2/c24-16-8-5-7-14(12-16)20-21-26(13-15-6-1-3-10-18(15)25)22(28)17-9-2-4-11-19(17)27(21)23(29)30-20/h1-12H,13H2. The molecule has 3 nitrogen and oxygen atoms in total. The van der Waals surface area contributed by atoms with Gasteiger partial charge in [0.05, 0.1) is 22.3 Å². The zero-order chi connectivity index (χ0) is 20.8. The van der Waals surface area contributed by atoms with Gasteiger partial charge in [-0.05, 0) is 53.7 Å². The highest BCUT2D eigenvalue weighted by molar-refractivity contribution is 7.73. The van der Waals surface area contributed by atoms with Crippen molar-refractivity contribution < 1.29 is 0 Å². The van der Waals surface area contributed by atoms with E-state index in [4.69, 9.17) is 35.4 Å². The quantitative estimate of drug-likeness (QED) is 0.264. The van der Waals surface area contributed by atoms with Crippen molar-refractivity contribution in [3.05, 3.63) is 103 Å². The van der Waals surface area contributed by atoms with E-state index in [2.05, 4.69) is 0 Å². The van der Waals surface area contributed by atoms with E-state index in [0.717, 1.165) is 27.2 Å². The molecule has 0 atom stereocenters. The number of nitrogens with zero attached hydrogens (tertiary/aromatic N) is 2. The van der Waals surface area contributed by atoms with Crippen molar-refractivity contribution in [1.29, 1.82) is 0 Å². The minimum atomic E-state index is -0.0819. The number of para-hydroxylation sites is 1. The Hall–Kier alpha value is -2.44. The first-order chi connectivity index (χ1) is 14.5. The third-order valence-corrected chi connectivity index (χ3v) is 7.05. The van der Waals surface area contributed by atoms with E-state index in [0.29, 0.717) is 25.9 Å². The van der Waals surface area contributed by atoms with Gasteiger partial charge in [-0.15, -0.1) is 11.3 Å². The molecule has 0 amide bonds. The average molecular weight is 469 g/mol. The molecule has 0 aliphatic heterocycles. The zero-order valence-corrected chi connectivity index (χ0v) is 18.7. The van der Waals surface area contributed by atoms with Gasteiger partial charge in [-0.25, -0.2) is 0 Å². The number of aromatic nitrogens is 2. The van der Waals surface area contributed by atoms with Crippen molar-refractivity contribution in [2.24, 2.45) is 0 Å². The van der Waals surface area contributed by atoms with Crippen LogP contribution in [-0.4, -0.2) is 8.97 Å². The number of thiazole rings is 1. The molecule has 0 radical (unpaired) electrons. The molecule has 0 saturated heterocycles. The highest BCUT2D eigenvalue weighted by atomic mass is 35.5. The van der Waals surface area contributed by atoms with Gasteiger partial charge in [0.1, 0.15) is 5.65 Å². The van der Waals surface area contributed by atoms with Crippen LogP contribution in [0.15, 0.2) is 77.6 Å². The smallest absolute Gasteiger partial charge is 0.261 e. The molecule has 0 unspecified atom stereocenters. The van der Waals surface area contributed by atoms with E-state index in [1.54, 1.807) is 4.57 Å². The van der Waals surface area contributed by atoms with Crippen LogP contribution in [0.25, 0.3) is 27.0 Å². The van der Waals surface area contributed by atoms with Gasteiger partial charge in [-0.2, -0.15) is 0 Å². The maximum Gasteiger partial charge on any atom is 0.261 e. The molecule has 3 aromatic carbocycles. The molecule has 2 heterocycles. The van der Waals surface area contributed by atoms with E-state index in [1.165, 1.54) is 11.3 Å². The van der Waals surface area contributed by atoms with Crippen LogP contribution in [0, 0.1) is 3.95 Å². The van der Waals surface area contributed by atoms with Gasteiger partial charge in [0, 0.05) is 10.0 Å². The summed E-state index contributed by atoms with van der Waals surface area (Å²) < 4.78 is 4.40. The van der Waals surface area contributed by atoms with Crippen LogP contribution in [0.2, 0.25) is 10.0 Å². The predicted octanol–water partition coefficient (Wildman–Crippen LogP) is 7.07. The van der Waals surface area contributed by atoms with E-state index in [1.807, 2.05) is 77.2 Å². The lowest BCUT2D eigenvalue weighted by molar-refractivity contribution is 0.781. The van der Waals surface area contributed by atoms with E-state index in [-0.39, 0.29) is 5.56 Å². The summed E-state index contributed by atoms with van der Waals surface area (Å²) in [6.07, 6.45) is 0. The molecular formula is C23H14Cl2N2OS2. The Bertz CT molecular complexity index is 1550. The summed E-state index contributed by atoms with van der Waals surface area (Å²) in [6, 6.07) is 22.7. The number of fused-ring (bicyclic) bond motifs is 3. The summed E-state index contributed by atoms with van der Waals surface area (Å²) in [7, 11) is 0. The molecule has 7 heteroatoms. The number of hydrogen-bond acceptors (Lipinski definition) is 3. The van der Waals surface area contributed by atoms with Crippen LogP contribution in [0.3, 0.4) is 0 Å². The molecule has 0 spiro atoms. The topological polar surface area (TPSA) is 26.4 Å². The fraction of sp³-hybridized carbons (Fsp3) is 0.0435. The van der Waals surface area contributed by atoms with Crippen LogP contribution in [0.5, 0.6) is 0 Å². The lowest BCUT2D eigenvalue weighted by Gasteiger charge is -2.14. The molecule has 5 aromatic rings. The minimum absolute atomic E-state index is 0.0819. The molecule has 0 aliphatic carbocycles. The van der Waals surface area contributed by atoms with Crippen molar-refractivity contribution >= 4 is 63.3 Å². The Labute approximate surface area is 191 Å². The molecule has 30 heavy (non-hydrogen) atoms. The zero-order valence-electron chi connectivity index (χ0n) is 15.5. The van der Waals surface area contributed by atoms with E-state index in [9.17, 15) is 4.79 Å². The Morgan fingerprint density at radius 1 is 0.933 bits per heavy atom. The SMILES string of the molecule is O=c1c2ccccc2n2c(=S)sc(-c3cccc(Cl)c3)c2n1Cc1ccccc1Cl. The molecule has 2 aromatic heterocycles. The number of benzene rings is 3. The van der Waals surface area contributed by atoms with Crippen molar-refractivity contribution in [2.75, 3.05) is 0 Å². The van der Waals surface area contributed by atoms with Crippen LogP contribution in [0.1, 0.15) is 5.56 Å². The first-order valence-electron chi connectivity index (χ1n) is 9.21. The Balaban J connectivity index is 1.93. The summed E-state index contributed by atoms with van der Waals surface area (Å²) in [5, 5.41) is 1.86. The number of rotatable bonds is 3. The van der Waals surface area contributed by atoms with Crippen molar-refractivity contribution in [2.45, 2.75) is 6.54 Å². The normalized spacial score (nSPS) is 11.4. The van der Waals surface area contributed by atoms with E-state index >= 15 is 0 Å². The van der Waals surface area contributed by atoms with Gasteiger partial charge in [0.2, 0.25) is 0 Å². The summed E-state index contributed by atoms with van der Waals surface area (Å²) >= 11 is 19.9. The van der Waals surface area contributed by atoms with Crippen LogP contribution in [-0.2, 0) is 6.54 Å². The first-order valence-corrected chi connectivity index (χ1v) is 11.2. The summed E-state index contributed by atoms with van der Waals surface area (Å²) in [6.45, 7) is 0.339. The highest BCUT2D eigenvalue weighted by Gasteiger charge is 2.19. The molecule has 148 valence electrons. The minimum Gasteiger partial charge on any atom is -0.288 e.